The van der Waals surface area contributed by atoms with Gasteiger partial charge in [0.2, 0.25) is 0 Å². The summed E-state index contributed by atoms with van der Waals surface area (Å²) in [6, 6.07) is 3.24. The Hall–Kier alpha value is -1.29. The van der Waals surface area contributed by atoms with Crippen LogP contribution in [0.25, 0.3) is 0 Å². The largest absolute Gasteiger partial charge is 0.330 e. The SMILES string of the molecule is NCC1CCCC1C(=O)Cc1cc(F)cc(F)c1. The lowest BCUT2D eigenvalue weighted by molar-refractivity contribution is -0.123. The molecule has 1 aliphatic rings. The third kappa shape index (κ3) is 2.93. The van der Waals surface area contributed by atoms with E-state index < -0.39 is 11.6 Å². The van der Waals surface area contributed by atoms with Crippen LogP contribution in [0, 0.1) is 23.5 Å². The van der Waals surface area contributed by atoms with Crippen molar-refractivity contribution in [3.05, 3.63) is 35.4 Å². The number of Topliss-reactive ketones (excluding diaryl/α,β-unsaturated/α-hetero) is 1. The maximum Gasteiger partial charge on any atom is 0.140 e. The van der Waals surface area contributed by atoms with Crippen LogP contribution in [0.2, 0.25) is 0 Å². The molecule has 1 aliphatic carbocycles. The van der Waals surface area contributed by atoms with Crippen molar-refractivity contribution in [3.63, 3.8) is 0 Å². The lowest BCUT2D eigenvalue weighted by Crippen LogP contribution is -2.26. The van der Waals surface area contributed by atoms with E-state index in [2.05, 4.69) is 0 Å². The van der Waals surface area contributed by atoms with Crippen LogP contribution in [0.5, 0.6) is 0 Å². The van der Waals surface area contributed by atoms with Crippen LogP contribution in [0.1, 0.15) is 24.8 Å². The van der Waals surface area contributed by atoms with Crippen molar-refractivity contribution in [3.8, 4) is 0 Å². The summed E-state index contributed by atoms with van der Waals surface area (Å²) in [5, 5.41) is 0. The Morgan fingerprint density at radius 1 is 1.22 bits per heavy atom. The minimum Gasteiger partial charge on any atom is -0.330 e. The van der Waals surface area contributed by atoms with Crippen molar-refractivity contribution >= 4 is 5.78 Å². The van der Waals surface area contributed by atoms with Gasteiger partial charge in [0.15, 0.2) is 0 Å². The molecule has 2 N–H and O–H groups in total. The molecule has 0 aliphatic heterocycles. The third-order valence-electron chi connectivity index (χ3n) is 3.68. The van der Waals surface area contributed by atoms with E-state index in [4.69, 9.17) is 5.73 Å². The lowest BCUT2D eigenvalue weighted by Gasteiger charge is -2.16. The van der Waals surface area contributed by atoms with Gasteiger partial charge >= 0.3 is 0 Å². The summed E-state index contributed by atoms with van der Waals surface area (Å²) >= 11 is 0. The molecule has 2 nitrogen and oxygen atoms in total. The molecule has 0 bridgehead atoms. The standard InChI is InChI=1S/C14H17F2NO/c15-11-4-9(5-12(16)7-11)6-14(18)13-3-1-2-10(13)8-17/h4-5,7,10,13H,1-3,6,8,17H2. The maximum atomic E-state index is 13.0. The number of nitrogens with two attached hydrogens (primary N) is 1. The molecule has 0 spiro atoms. The first-order valence-electron chi connectivity index (χ1n) is 6.28. The minimum absolute atomic E-state index is 0.0404. The Kier molecular flexibility index (Phi) is 4.07. The van der Waals surface area contributed by atoms with Crippen LogP contribution in [-0.4, -0.2) is 12.3 Å². The van der Waals surface area contributed by atoms with E-state index in [9.17, 15) is 13.6 Å². The molecule has 1 aromatic carbocycles. The van der Waals surface area contributed by atoms with Gasteiger partial charge in [-0.05, 0) is 43.0 Å². The lowest BCUT2D eigenvalue weighted by atomic mass is 9.89. The van der Waals surface area contributed by atoms with Gasteiger partial charge in [0.25, 0.3) is 0 Å². The van der Waals surface area contributed by atoms with Crippen LogP contribution < -0.4 is 5.73 Å². The Bertz CT molecular complexity index is 427. The fourth-order valence-corrected chi connectivity index (χ4v) is 2.79. The Morgan fingerprint density at radius 3 is 2.50 bits per heavy atom. The van der Waals surface area contributed by atoms with Crippen molar-refractivity contribution in [2.24, 2.45) is 17.6 Å². The van der Waals surface area contributed by atoms with Crippen LogP contribution >= 0.6 is 0 Å². The first kappa shape index (κ1) is 13.1. The van der Waals surface area contributed by atoms with Crippen LogP contribution in [-0.2, 0) is 11.2 Å². The molecule has 18 heavy (non-hydrogen) atoms. The van der Waals surface area contributed by atoms with Gasteiger partial charge in [-0.15, -0.1) is 0 Å². The van der Waals surface area contributed by atoms with Gasteiger partial charge in [-0.25, -0.2) is 8.78 Å². The molecule has 0 aromatic heterocycles. The van der Waals surface area contributed by atoms with Crippen LogP contribution in [0.3, 0.4) is 0 Å². The van der Waals surface area contributed by atoms with Gasteiger partial charge in [0.05, 0.1) is 0 Å². The van der Waals surface area contributed by atoms with Gasteiger partial charge in [0, 0.05) is 18.4 Å². The molecule has 0 radical (unpaired) electrons. The van der Waals surface area contributed by atoms with E-state index in [1.165, 1.54) is 12.1 Å². The summed E-state index contributed by atoms with van der Waals surface area (Å²) in [4.78, 5) is 12.1. The summed E-state index contributed by atoms with van der Waals surface area (Å²) in [6.07, 6.45) is 2.93. The predicted molar refractivity (Wildman–Crippen MR) is 65.0 cm³/mol. The quantitative estimate of drug-likeness (QED) is 0.895. The van der Waals surface area contributed by atoms with E-state index in [0.29, 0.717) is 12.1 Å². The number of hydrogen-bond acceptors (Lipinski definition) is 2. The first-order chi connectivity index (χ1) is 8.60. The normalized spacial score (nSPS) is 23.3. The summed E-state index contributed by atoms with van der Waals surface area (Å²) in [7, 11) is 0. The average molecular weight is 253 g/mol. The number of halogens is 2. The number of benzene rings is 1. The monoisotopic (exact) mass is 253 g/mol. The highest BCUT2D eigenvalue weighted by Crippen LogP contribution is 2.32. The molecule has 2 atom stereocenters. The predicted octanol–water partition coefficient (Wildman–Crippen LogP) is 2.45. The maximum absolute atomic E-state index is 13.0. The van der Waals surface area contributed by atoms with Crippen molar-refractivity contribution in [1.29, 1.82) is 0 Å². The molecule has 0 heterocycles. The minimum atomic E-state index is -0.639. The van der Waals surface area contributed by atoms with Crippen LogP contribution in [0.15, 0.2) is 18.2 Å². The molecule has 1 fully saturated rings. The van der Waals surface area contributed by atoms with Gasteiger partial charge in [-0.1, -0.05) is 6.42 Å². The zero-order valence-electron chi connectivity index (χ0n) is 10.2. The number of hydrogen-bond donors (Lipinski definition) is 1. The van der Waals surface area contributed by atoms with E-state index in [-0.39, 0.29) is 24.0 Å². The summed E-state index contributed by atoms with van der Waals surface area (Å²) in [6.45, 7) is 0.508. The Balaban J connectivity index is 2.06. The summed E-state index contributed by atoms with van der Waals surface area (Å²) < 4.78 is 26.1. The topological polar surface area (TPSA) is 43.1 Å². The highest BCUT2D eigenvalue weighted by atomic mass is 19.1. The molecule has 1 aromatic rings. The highest BCUT2D eigenvalue weighted by Gasteiger charge is 2.31. The van der Waals surface area contributed by atoms with Crippen molar-refractivity contribution in [2.75, 3.05) is 6.54 Å². The smallest absolute Gasteiger partial charge is 0.140 e. The molecule has 1 saturated carbocycles. The molecule has 4 heteroatoms. The number of carbonyl (C=O) groups is 1. The Morgan fingerprint density at radius 2 is 1.89 bits per heavy atom. The summed E-state index contributed by atoms with van der Waals surface area (Å²) in [5.41, 5.74) is 6.03. The van der Waals surface area contributed by atoms with E-state index in [1.807, 2.05) is 0 Å². The van der Waals surface area contributed by atoms with Gasteiger partial charge in [-0.2, -0.15) is 0 Å². The van der Waals surface area contributed by atoms with Crippen molar-refractivity contribution < 1.29 is 13.6 Å². The number of rotatable bonds is 4. The average Bonchev–Trinajstić information content (AvgIpc) is 2.75. The molecular weight excluding hydrogens is 236 g/mol. The molecule has 98 valence electrons. The van der Waals surface area contributed by atoms with Crippen molar-refractivity contribution in [1.82, 2.24) is 0 Å². The molecule has 2 rings (SSSR count). The second-order valence-electron chi connectivity index (χ2n) is 4.95. The van der Waals surface area contributed by atoms with Crippen molar-refractivity contribution in [2.45, 2.75) is 25.7 Å². The zero-order chi connectivity index (χ0) is 13.1. The van der Waals surface area contributed by atoms with E-state index in [0.717, 1.165) is 25.3 Å². The molecule has 0 amide bonds. The van der Waals surface area contributed by atoms with Gasteiger partial charge in [-0.3, -0.25) is 4.79 Å². The number of carbonyl (C=O) groups excluding carboxylic acids is 1. The second kappa shape index (κ2) is 5.57. The molecule has 2 unspecified atom stereocenters. The third-order valence-corrected chi connectivity index (χ3v) is 3.68. The van der Waals surface area contributed by atoms with E-state index >= 15 is 0 Å². The van der Waals surface area contributed by atoms with Gasteiger partial charge in [0.1, 0.15) is 17.4 Å². The first-order valence-corrected chi connectivity index (χ1v) is 6.28. The summed E-state index contributed by atoms with van der Waals surface area (Å²) in [5.74, 6) is -1.04. The van der Waals surface area contributed by atoms with Gasteiger partial charge < -0.3 is 5.73 Å². The van der Waals surface area contributed by atoms with Crippen LogP contribution in [0.4, 0.5) is 8.78 Å². The fourth-order valence-electron chi connectivity index (χ4n) is 2.79. The highest BCUT2D eigenvalue weighted by molar-refractivity contribution is 5.83. The van der Waals surface area contributed by atoms with E-state index in [1.54, 1.807) is 0 Å². The zero-order valence-corrected chi connectivity index (χ0v) is 10.2. The number of ketones is 1. The second-order valence-corrected chi connectivity index (χ2v) is 4.95. The molecule has 0 saturated heterocycles. The molecular formula is C14H17F2NO. The Labute approximate surface area is 105 Å². The fraction of sp³-hybridized carbons (Fsp3) is 0.500.